The molecule has 1 saturated carbocycles. The molecule has 2 aromatic rings. The molecule has 1 aliphatic carbocycles. The van der Waals surface area contributed by atoms with Crippen LogP contribution in [0.2, 0.25) is 0 Å². The van der Waals surface area contributed by atoms with Gasteiger partial charge in [0.2, 0.25) is 0 Å². The van der Waals surface area contributed by atoms with Gasteiger partial charge >= 0.3 is 0 Å². The number of benzene rings is 1. The number of nitrogens with zero attached hydrogens (tertiary/aromatic N) is 3. The Morgan fingerprint density at radius 1 is 1.15 bits per heavy atom. The molecule has 1 saturated heterocycles. The lowest BCUT2D eigenvalue weighted by atomic mass is 9.92. The van der Waals surface area contributed by atoms with Crippen molar-refractivity contribution in [2.75, 3.05) is 13.1 Å². The predicted octanol–water partition coefficient (Wildman–Crippen LogP) is 3.13. The third kappa shape index (κ3) is 4.57. The minimum absolute atomic E-state index is 0.0503. The van der Waals surface area contributed by atoms with E-state index >= 15 is 0 Å². The third-order valence-corrected chi connectivity index (χ3v) is 7.01. The quantitative estimate of drug-likeness (QED) is 0.623. The zero-order valence-electron chi connectivity index (χ0n) is 18.9. The highest BCUT2D eigenvalue weighted by Crippen LogP contribution is 2.34. The third-order valence-electron chi connectivity index (χ3n) is 7.01. The lowest BCUT2D eigenvalue weighted by molar-refractivity contribution is -0.133. The Bertz CT molecular complexity index is 1070. The van der Waals surface area contributed by atoms with E-state index in [1.807, 2.05) is 12.1 Å². The van der Waals surface area contributed by atoms with Crippen LogP contribution in [0, 0.1) is 5.92 Å². The number of hydrogen-bond donors (Lipinski definition) is 0. The van der Waals surface area contributed by atoms with Gasteiger partial charge in [0, 0.05) is 30.2 Å². The van der Waals surface area contributed by atoms with Gasteiger partial charge in [-0.3, -0.25) is 19.3 Å². The number of likely N-dealkylation sites (tertiary alicyclic amines) is 1. The predicted molar refractivity (Wildman–Crippen MR) is 118 cm³/mol. The number of fused-ring (bicyclic) bond motifs is 1. The van der Waals surface area contributed by atoms with Crippen LogP contribution >= 0.6 is 0 Å². The maximum absolute atomic E-state index is 13.0. The molecule has 2 fully saturated rings. The van der Waals surface area contributed by atoms with Crippen molar-refractivity contribution in [3.63, 3.8) is 0 Å². The number of ether oxygens (including phenoxy) is 1. The second-order valence-electron chi connectivity index (χ2n) is 9.48. The van der Waals surface area contributed by atoms with E-state index in [0.29, 0.717) is 36.5 Å². The van der Waals surface area contributed by atoms with Gasteiger partial charge in [-0.1, -0.05) is 18.1 Å². The van der Waals surface area contributed by atoms with Crippen LogP contribution in [0.4, 0.5) is 0 Å². The lowest BCUT2D eigenvalue weighted by Crippen LogP contribution is -2.44. The van der Waals surface area contributed by atoms with Gasteiger partial charge in [0.05, 0.1) is 24.7 Å². The summed E-state index contributed by atoms with van der Waals surface area (Å²) in [6.07, 6.45) is 3.07. The fraction of sp³-hybridized carbons (Fsp3) is 0.520. The number of Topliss-reactive ketones (excluding diaryl/α,β-unsaturated/α-hetero) is 2. The Hall–Kier alpha value is -3.00. The van der Waals surface area contributed by atoms with Gasteiger partial charge in [-0.15, -0.1) is 0 Å². The van der Waals surface area contributed by atoms with Crippen molar-refractivity contribution in [2.24, 2.45) is 5.92 Å². The molecule has 8 nitrogen and oxygen atoms in total. The molecule has 0 spiro atoms. The average molecular weight is 452 g/mol. The van der Waals surface area contributed by atoms with E-state index in [-0.39, 0.29) is 30.5 Å². The zero-order chi connectivity index (χ0) is 22.9. The molecule has 1 amide bonds. The first-order chi connectivity index (χ1) is 16.0. The maximum atomic E-state index is 13.0. The summed E-state index contributed by atoms with van der Waals surface area (Å²) >= 11 is 0. The van der Waals surface area contributed by atoms with Crippen molar-refractivity contribution in [3.8, 4) is 5.75 Å². The number of aromatic nitrogens is 1. The molecule has 0 bridgehead atoms. The molecule has 1 unspecified atom stereocenters. The first kappa shape index (κ1) is 21.8. The molecule has 33 heavy (non-hydrogen) atoms. The molecule has 1 aromatic heterocycles. The molecule has 2 aliphatic heterocycles. The topological polar surface area (TPSA) is 93.0 Å². The highest BCUT2D eigenvalue weighted by atomic mass is 16.5. The van der Waals surface area contributed by atoms with Crippen LogP contribution in [0.5, 0.6) is 5.75 Å². The van der Waals surface area contributed by atoms with Gasteiger partial charge in [-0.05, 0) is 50.4 Å². The summed E-state index contributed by atoms with van der Waals surface area (Å²) in [6.45, 7) is 5.76. The van der Waals surface area contributed by atoms with Crippen molar-refractivity contribution in [2.45, 2.75) is 64.8 Å². The van der Waals surface area contributed by atoms with Crippen LogP contribution in [0.25, 0.3) is 0 Å². The summed E-state index contributed by atoms with van der Waals surface area (Å²) in [5.41, 5.74) is 2.22. The molecule has 3 aliphatic rings. The molecule has 3 heterocycles. The summed E-state index contributed by atoms with van der Waals surface area (Å²) in [5.74, 6) is 1.62. The first-order valence-electron chi connectivity index (χ1n) is 11.7. The molecular weight excluding hydrogens is 422 g/mol. The van der Waals surface area contributed by atoms with Crippen LogP contribution in [0.3, 0.4) is 0 Å². The van der Waals surface area contributed by atoms with Crippen LogP contribution in [-0.4, -0.2) is 51.6 Å². The molecule has 174 valence electrons. The van der Waals surface area contributed by atoms with Gasteiger partial charge in [0.25, 0.3) is 5.91 Å². The normalized spacial score (nSPS) is 22.2. The maximum Gasteiger partial charge on any atom is 0.255 e. The second-order valence-corrected chi connectivity index (χ2v) is 9.48. The standard InChI is InChI=1S/C25H29N3O5/c1-16-7-9-27(10-8-16)13-17-11-19(33-26-17)15-32-24-4-2-3-20-21(24)14-28(25(20)31)22-6-5-18(29)12-23(22)30/h2-4,11,16,22H,5-10,12-15H2,1H3. The number of carbonyl (C=O) groups excluding carboxylic acids is 3. The van der Waals surface area contributed by atoms with Gasteiger partial charge in [-0.25, -0.2) is 0 Å². The van der Waals surface area contributed by atoms with Crippen LogP contribution in [0.15, 0.2) is 28.8 Å². The largest absolute Gasteiger partial charge is 0.485 e. The summed E-state index contributed by atoms with van der Waals surface area (Å²) < 4.78 is 11.5. The van der Waals surface area contributed by atoms with Gasteiger partial charge in [-0.2, -0.15) is 0 Å². The summed E-state index contributed by atoms with van der Waals surface area (Å²) in [4.78, 5) is 40.9. The molecule has 0 N–H and O–H groups in total. The summed E-state index contributed by atoms with van der Waals surface area (Å²) in [5, 5.41) is 4.19. The zero-order valence-corrected chi connectivity index (χ0v) is 18.9. The fourth-order valence-electron chi connectivity index (χ4n) is 5.00. The Morgan fingerprint density at radius 3 is 2.76 bits per heavy atom. The fourth-order valence-corrected chi connectivity index (χ4v) is 5.00. The second kappa shape index (κ2) is 9.09. The average Bonchev–Trinajstić information content (AvgIpc) is 3.38. The van der Waals surface area contributed by atoms with E-state index < -0.39 is 6.04 Å². The molecule has 0 radical (unpaired) electrons. The summed E-state index contributed by atoms with van der Waals surface area (Å²) in [7, 11) is 0. The number of carbonyl (C=O) groups is 3. The van der Waals surface area contributed by atoms with E-state index in [2.05, 4.69) is 17.0 Å². The van der Waals surface area contributed by atoms with E-state index in [1.165, 1.54) is 12.8 Å². The van der Waals surface area contributed by atoms with Crippen molar-refractivity contribution < 1.29 is 23.6 Å². The van der Waals surface area contributed by atoms with E-state index in [9.17, 15) is 14.4 Å². The van der Waals surface area contributed by atoms with Crippen LogP contribution in [0.1, 0.15) is 66.4 Å². The van der Waals surface area contributed by atoms with Crippen LogP contribution < -0.4 is 4.74 Å². The van der Waals surface area contributed by atoms with Gasteiger partial charge < -0.3 is 14.2 Å². The molecule has 1 atom stereocenters. The van der Waals surface area contributed by atoms with E-state index in [4.69, 9.17) is 9.26 Å². The van der Waals surface area contributed by atoms with Crippen molar-refractivity contribution in [1.29, 1.82) is 0 Å². The number of ketones is 2. The smallest absolute Gasteiger partial charge is 0.255 e. The highest BCUT2D eigenvalue weighted by molar-refractivity contribution is 6.07. The molecule has 5 rings (SSSR count). The van der Waals surface area contributed by atoms with Crippen LogP contribution in [-0.2, 0) is 29.3 Å². The first-order valence-corrected chi connectivity index (χ1v) is 11.7. The number of piperidine rings is 1. The molecule has 1 aromatic carbocycles. The lowest BCUT2D eigenvalue weighted by Gasteiger charge is -2.29. The minimum Gasteiger partial charge on any atom is -0.485 e. The summed E-state index contributed by atoms with van der Waals surface area (Å²) in [6, 6.07) is 6.76. The minimum atomic E-state index is -0.537. The van der Waals surface area contributed by atoms with Crippen molar-refractivity contribution in [3.05, 3.63) is 46.8 Å². The Balaban J connectivity index is 1.22. The SMILES string of the molecule is CC1CCN(Cc2cc(COc3cccc4c3CN(C3CCC(=O)CC3=O)C4=O)on2)CC1. The Morgan fingerprint density at radius 2 is 1.97 bits per heavy atom. The van der Waals surface area contributed by atoms with Crippen molar-refractivity contribution >= 4 is 17.5 Å². The Labute approximate surface area is 192 Å². The number of amides is 1. The number of hydrogen-bond acceptors (Lipinski definition) is 7. The Kier molecular flexibility index (Phi) is 6.01. The van der Waals surface area contributed by atoms with Crippen molar-refractivity contribution in [1.82, 2.24) is 15.0 Å². The van der Waals surface area contributed by atoms with E-state index in [1.54, 1.807) is 17.0 Å². The van der Waals surface area contributed by atoms with Gasteiger partial charge in [0.15, 0.2) is 11.5 Å². The molecular formula is C25H29N3O5. The van der Waals surface area contributed by atoms with Gasteiger partial charge in [0.1, 0.15) is 18.1 Å². The molecule has 8 heteroatoms. The monoisotopic (exact) mass is 451 g/mol. The highest BCUT2D eigenvalue weighted by Gasteiger charge is 2.40. The van der Waals surface area contributed by atoms with E-state index in [0.717, 1.165) is 36.8 Å². The number of rotatable bonds is 6.